The van der Waals surface area contributed by atoms with Gasteiger partial charge in [-0.2, -0.15) is 0 Å². The van der Waals surface area contributed by atoms with Crippen molar-refractivity contribution in [1.29, 1.82) is 0 Å². The second kappa shape index (κ2) is 5.19. The molecule has 1 aromatic carbocycles. The van der Waals surface area contributed by atoms with Crippen molar-refractivity contribution in [3.63, 3.8) is 0 Å². The molecular weight excluding hydrogens is 217 g/mol. The molecule has 0 saturated heterocycles. The Kier molecular flexibility index (Phi) is 4.17. The molecule has 0 aliphatic rings. The summed E-state index contributed by atoms with van der Waals surface area (Å²) >= 11 is 5.58. The lowest BCUT2D eigenvalue weighted by atomic mass is 10.2. The van der Waals surface area contributed by atoms with Crippen LogP contribution in [0, 0.1) is 5.82 Å². The average molecular weight is 232 g/mol. The SMILES string of the molecule is CN(C)CCNc1cc(F)c(Cl)cc1N. The molecule has 0 heterocycles. The minimum atomic E-state index is -0.460. The van der Waals surface area contributed by atoms with Crippen LogP contribution in [-0.4, -0.2) is 32.1 Å². The van der Waals surface area contributed by atoms with Crippen LogP contribution in [0.5, 0.6) is 0 Å². The highest BCUT2D eigenvalue weighted by Gasteiger charge is 2.05. The van der Waals surface area contributed by atoms with Crippen molar-refractivity contribution < 1.29 is 4.39 Å². The lowest BCUT2D eigenvalue weighted by Gasteiger charge is -2.13. The van der Waals surface area contributed by atoms with E-state index in [0.717, 1.165) is 6.54 Å². The maximum atomic E-state index is 13.1. The summed E-state index contributed by atoms with van der Waals surface area (Å²) in [4.78, 5) is 2.02. The first-order valence-electron chi connectivity index (χ1n) is 4.64. The van der Waals surface area contributed by atoms with E-state index < -0.39 is 5.82 Å². The number of likely N-dealkylation sites (N-methyl/N-ethyl adjacent to an activating group) is 1. The maximum absolute atomic E-state index is 13.1. The number of anilines is 2. The quantitative estimate of drug-likeness (QED) is 0.780. The molecule has 0 aromatic heterocycles. The van der Waals surface area contributed by atoms with Gasteiger partial charge in [-0.1, -0.05) is 11.6 Å². The Morgan fingerprint density at radius 3 is 2.73 bits per heavy atom. The molecule has 0 aliphatic heterocycles. The monoisotopic (exact) mass is 231 g/mol. The molecule has 0 atom stereocenters. The van der Waals surface area contributed by atoms with Crippen molar-refractivity contribution in [3.05, 3.63) is 23.0 Å². The van der Waals surface area contributed by atoms with E-state index in [1.54, 1.807) is 0 Å². The summed E-state index contributed by atoms with van der Waals surface area (Å²) in [6.07, 6.45) is 0. The van der Waals surface area contributed by atoms with Crippen molar-refractivity contribution in [2.45, 2.75) is 0 Å². The smallest absolute Gasteiger partial charge is 0.143 e. The molecule has 5 heteroatoms. The van der Waals surface area contributed by atoms with E-state index >= 15 is 0 Å². The summed E-state index contributed by atoms with van der Waals surface area (Å²) in [5.41, 5.74) is 6.72. The highest BCUT2D eigenvalue weighted by molar-refractivity contribution is 6.31. The third-order valence-corrected chi connectivity index (χ3v) is 2.26. The van der Waals surface area contributed by atoms with Crippen LogP contribution in [0.3, 0.4) is 0 Å². The lowest BCUT2D eigenvalue weighted by Crippen LogP contribution is -2.21. The van der Waals surface area contributed by atoms with E-state index in [4.69, 9.17) is 17.3 Å². The molecule has 3 nitrogen and oxygen atoms in total. The van der Waals surface area contributed by atoms with Crippen molar-refractivity contribution in [2.75, 3.05) is 38.2 Å². The molecule has 0 unspecified atom stereocenters. The van der Waals surface area contributed by atoms with E-state index in [2.05, 4.69) is 5.32 Å². The number of hydrogen-bond donors (Lipinski definition) is 2. The molecule has 0 bridgehead atoms. The first-order chi connectivity index (χ1) is 7.00. The van der Waals surface area contributed by atoms with E-state index in [-0.39, 0.29) is 5.02 Å². The van der Waals surface area contributed by atoms with Crippen molar-refractivity contribution >= 4 is 23.0 Å². The second-order valence-corrected chi connectivity index (χ2v) is 3.99. The van der Waals surface area contributed by atoms with Gasteiger partial charge in [-0.15, -0.1) is 0 Å². The van der Waals surface area contributed by atoms with Gasteiger partial charge in [0.1, 0.15) is 5.82 Å². The zero-order valence-corrected chi connectivity index (χ0v) is 9.61. The second-order valence-electron chi connectivity index (χ2n) is 3.58. The summed E-state index contributed by atoms with van der Waals surface area (Å²) in [7, 11) is 3.93. The molecule has 3 N–H and O–H groups in total. The predicted molar refractivity (Wildman–Crippen MR) is 62.9 cm³/mol. The number of rotatable bonds is 4. The Bertz CT molecular complexity index is 342. The molecule has 84 valence electrons. The molecule has 0 saturated carbocycles. The van der Waals surface area contributed by atoms with Crippen molar-refractivity contribution in [1.82, 2.24) is 4.90 Å². The van der Waals surface area contributed by atoms with Gasteiger partial charge in [0.05, 0.1) is 16.4 Å². The van der Waals surface area contributed by atoms with E-state index in [1.807, 2.05) is 19.0 Å². The molecule has 1 rings (SSSR count). The number of hydrogen-bond acceptors (Lipinski definition) is 3. The van der Waals surface area contributed by atoms with Crippen molar-refractivity contribution in [3.8, 4) is 0 Å². The zero-order chi connectivity index (χ0) is 11.4. The Labute approximate surface area is 94.0 Å². The number of halogens is 2. The molecule has 1 aromatic rings. The predicted octanol–water partition coefficient (Wildman–Crippen LogP) is 2.03. The molecular formula is C10H15ClFN3. The van der Waals surface area contributed by atoms with Gasteiger partial charge in [0, 0.05) is 19.2 Å². The molecule has 0 spiro atoms. The normalized spacial score (nSPS) is 10.7. The van der Waals surface area contributed by atoms with Crippen LogP contribution >= 0.6 is 11.6 Å². The largest absolute Gasteiger partial charge is 0.397 e. The minimum Gasteiger partial charge on any atom is -0.397 e. The highest BCUT2D eigenvalue weighted by atomic mass is 35.5. The van der Waals surface area contributed by atoms with Gasteiger partial charge >= 0.3 is 0 Å². The molecule has 0 radical (unpaired) electrons. The van der Waals surface area contributed by atoms with Crippen molar-refractivity contribution in [2.24, 2.45) is 0 Å². The summed E-state index contributed by atoms with van der Waals surface area (Å²) < 4.78 is 13.1. The molecule has 0 amide bonds. The topological polar surface area (TPSA) is 41.3 Å². The lowest BCUT2D eigenvalue weighted by molar-refractivity contribution is 0.425. The molecule has 0 fully saturated rings. The van der Waals surface area contributed by atoms with Gasteiger partial charge in [0.25, 0.3) is 0 Å². The molecule has 0 aliphatic carbocycles. The van der Waals surface area contributed by atoms with Gasteiger partial charge in [-0.25, -0.2) is 4.39 Å². The van der Waals surface area contributed by atoms with E-state index in [9.17, 15) is 4.39 Å². The summed E-state index contributed by atoms with van der Waals surface area (Å²) in [6, 6.07) is 2.72. The Balaban J connectivity index is 2.65. The van der Waals surface area contributed by atoms with E-state index in [0.29, 0.717) is 17.9 Å². The average Bonchev–Trinajstić information content (AvgIpc) is 2.13. The summed E-state index contributed by atoms with van der Waals surface area (Å²) in [5.74, 6) is -0.460. The maximum Gasteiger partial charge on any atom is 0.143 e. The van der Waals surface area contributed by atoms with Gasteiger partial charge in [-0.3, -0.25) is 0 Å². The Morgan fingerprint density at radius 1 is 1.47 bits per heavy atom. The number of benzene rings is 1. The Morgan fingerprint density at radius 2 is 2.13 bits per heavy atom. The summed E-state index contributed by atoms with van der Waals surface area (Å²) in [5, 5.41) is 3.09. The third-order valence-electron chi connectivity index (χ3n) is 1.97. The minimum absolute atomic E-state index is 0.0469. The zero-order valence-electron chi connectivity index (χ0n) is 8.85. The van der Waals surface area contributed by atoms with Crippen LogP contribution in [0.2, 0.25) is 5.02 Å². The number of nitrogens with one attached hydrogen (secondary N) is 1. The Hall–Kier alpha value is -1.00. The first-order valence-corrected chi connectivity index (χ1v) is 5.01. The van der Waals surface area contributed by atoms with E-state index in [1.165, 1.54) is 12.1 Å². The standard InChI is InChI=1S/C10H15ClFN3/c1-15(2)4-3-14-10-6-8(12)7(11)5-9(10)13/h5-6,14H,3-4,13H2,1-2H3. The van der Waals surface area contributed by atoms with Crippen LogP contribution in [0.15, 0.2) is 12.1 Å². The molecule has 15 heavy (non-hydrogen) atoms. The third kappa shape index (κ3) is 3.57. The van der Waals surface area contributed by atoms with Gasteiger partial charge < -0.3 is 16.0 Å². The fraction of sp³-hybridized carbons (Fsp3) is 0.400. The van der Waals surface area contributed by atoms with Crippen LogP contribution in [0.25, 0.3) is 0 Å². The fourth-order valence-corrected chi connectivity index (χ4v) is 1.30. The van der Waals surface area contributed by atoms with Crippen LogP contribution in [-0.2, 0) is 0 Å². The van der Waals surface area contributed by atoms with Crippen LogP contribution in [0.1, 0.15) is 0 Å². The van der Waals surface area contributed by atoms with Crippen LogP contribution in [0.4, 0.5) is 15.8 Å². The number of nitrogen functional groups attached to an aromatic ring is 1. The van der Waals surface area contributed by atoms with Gasteiger partial charge in [-0.05, 0) is 20.2 Å². The van der Waals surface area contributed by atoms with Crippen LogP contribution < -0.4 is 11.1 Å². The summed E-state index contributed by atoms with van der Waals surface area (Å²) in [6.45, 7) is 1.56. The van der Waals surface area contributed by atoms with Gasteiger partial charge in [0.15, 0.2) is 0 Å². The first kappa shape index (κ1) is 12.1. The fourth-order valence-electron chi connectivity index (χ4n) is 1.13. The number of nitrogens with zero attached hydrogens (tertiary/aromatic N) is 1. The number of nitrogens with two attached hydrogens (primary N) is 1. The highest BCUT2D eigenvalue weighted by Crippen LogP contribution is 2.25. The van der Waals surface area contributed by atoms with Gasteiger partial charge in [0.2, 0.25) is 0 Å².